The lowest BCUT2D eigenvalue weighted by Gasteiger charge is -2.35. The summed E-state index contributed by atoms with van der Waals surface area (Å²) in [5.41, 5.74) is 0.898. The first kappa shape index (κ1) is 14.6. The molecule has 0 atom stereocenters. The summed E-state index contributed by atoms with van der Waals surface area (Å²) in [5, 5.41) is 7.50. The molecule has 0 amide bonds. The molecule has 0 aromatic carbocycles. The van der Waals surface area contributed by atoms with Crippen molar-refractivity contribution in [3.63, 3.8) is 0 Å². The number of aryl methyl sites for hydroxylation is 1. The second-order valence-corrected chi connectivity index (χ2v) is 6.89. The molecule has 0 N–H and O–H groups in total. The minimum absolute atomic E-state index is 0.898. The van der Waals surface area contributed by atoms with E-state index in [4.69, 9.17) is 0 Å². The largest absolute Gasteiger partial charge is 0.353 e. The molecule has 120 valence electrons. The number of anilines is 1. The number of piperazine rings is 1. The molecular weight excluding hydrogens is 308 g/mol. The average Bonchev–Trinajstić information content (AvgIpc) is 3.24. The highest BCUT2D eigenvalue weighted by atomic mass is 32.1. The Morgan fingerprint density at radius 1 is 1.17 bits per heavy atom. The molecule has 0 bridgehead atoms. The van der Waals surface area contributed by atoms with Crippen LogP contribution in [-0.2, 0) is 13.5 Å². The number of hydrogen-bond donors (Lipinski definition) is 0. The van der Waals surface area contributed by atoms with Crippen LogP contribution in [0.3, 0.4) is 0 Å². The molecule has 0 aliphatic carbocycles. The predicted molar refractivity (Wildman–Crippen MR) is 93.0 cm³/mol. The third kappa shape index (κ3) is 2.94. The molecule has 1 aliphatic heterocycles. The van der Waals surface area contributed by atoms with Crippen molar-refractivity contribution in [2.45, 2.75) is 6.42 Å². The summed E-state index contributed by atoms with van der Waals surface area (Å²) < 4.78 is 1.80. The van der Waals surface area contributed by atoms with Crippen LogP contribution in [0.5, 0.6) is 0 Å². The molecule has 0 unspecified atom stereocenters. The van der Waals surface area contributed by atoms with Crippen LogP contribution >= 0.6 is 11.3 Å². The zero-order chi connectivity index (χ0) is 15.6. The number of nitrogens with zero attached hydrogens (tertiary/aromatic N) is 6. The lowest BCUT2D eigenvalue weighted by atomic mass is 10.2. The Balaban J connectivity index is 1.40. The first-order valence-electron chi connectivity index (χ1n) is 7.93. The van der Waals surface area contributed by atoms with Gasteiger partial charge in [0.1, 0.15) is 12.1 Å². The fourth-order valence-electron chi connectivity index (χ4n) is 3.11. The van der Waals surface area contributed by atoms with Crippen LogP contribution < -0.4 is 4.90 Å². The second-order valence-electron chi connectivity index (χ2n) is 5.86. The molecule has 3 aromatic heterocycles. The van der Waals surface area contributed by atoms with Gasteiger partial charge in [-0.05, 0) is 17.9 Å². The molecule has 6 nitrogen and oxygen atoms in total. The van der Waals surface area contributed by atoms with Crippen molar-refractivity contribution in [3.05, 3.63) is 34.9 Å². The van der Waals surface area contributed by atoms with E-state index >= 15 is 0 Å². The summed E-state index contributed by atoms with van der Waals surface area (Å²) >= 11 is 1.85. The number of thiophene rings is 1. The summed E-state index contributed by atoms with van der Waals surface area (Å²) in [6, 6.07) is 4.35. The van der Waals surface area contributed by atoms with Gasteiger partial charge < -0.3 is 4.90 Å². The fraction of sp³-hybridized carbons (Fsp3) is 0.438. The van der Waals surface area contributed by atoms with E-state index in [0.717, 1.165) is 56.0 Å². The zero-order valence-electron chi connectivity index (χ0n) is 13.2. The Labute approximate surface area is 139 Å². The molecule has 1 saturated heterocycles. The quantitative estimate of drug-likeness (QED) is 0.731. The summed E-state index contributed by atoms with van der Waals surface area (Å²) in [6.45, 7) is 5.31. The van der Waals surface area contributed by atoms with Gasteiger partial charge in [0, 0.05) is 44.6 Å². The van der Waals surface area contributed by atoms with E-state index < -0.39 is 0 Å². The van der Waals surface area contributed by atoms with E-state index in [1.165, 1.54) is 4.88 Å². The summed E-state index contributed by atoms with van der Waals surface area (Å²) in [5.74, 6) is 1.01. The maximum atomic E-state index is 4.50. The Hall–Kier alpha value is -1.99. The van der Waals surface area contributed by atoms with Crippen LogP contribution in [0.25, 0.3) is 11.0 Å². The highest BCUT2D eigenvalue weighted by Crippen LogP contribution is 2.23. The Kier molecular flexibility index (Phi) is 3.97. The summed E-state index contributed by atoms with van der Waals surface area (Å²) in [7, 11) is 1.92. The van der Waals surface area contributed by atoms with Crippen molar-refractivity contribution < 1.29 is 0 Å². The Morgan fingerprint density at radius 2 is 2.04 bits per heavy atom. The summed E-state index contributed by atoms with van der Waals surface area (Å²) in [6.07, 6.45) is 4.66. The molecule has 3 aromatic rings. The van der Waals surface area contributed by atoms with Crippen molar-refractivity contribution in [2.24, 2.45) is 7.05 Å². The fourth-order valence-corrected chi connectivity index (χ4v) is 3.81. The van der Waals surface area contributed by atoms with Crippen molar-refractivity contribution >= 4 is 28.2 Å². The van der Waals surface area contributed by atoms with Gasteiger partial charge in [0.05, 0.1) is 11.6 Å². The molecule has 1 aliphatic rings. The van der Waals surface area contributed by atoms with Gasteiger partial charge in [0.25, 0.3) is 0 Å². The van der Waals surface area contributed by atoms with Gasteiger partial charge >= 0.3 is 0 Å². The highest BCUT2D eigenvalue weighted by molar-refractivity contribution is 7.09. The van der Waals surface area contributed by atoms with E-state index in [2.05, 4.69) is 42.4 Å². The van der Waals surface area contributed by atoms with Crippen LogP contribution in [-0.4, -0.2) is 57.4 Å². The molecule has 1 fully saturated rings. The van der Waals surface area contributed by atoms with Gasteiger partial charge in [-0.1, -0.05) is 6.07 Å². The lowest BCUT2D eigenvalue weighted by Crippen LogP contribution is -2.47. The monoisotopic (exact) mass is 328 g/mol. The predicted octanol–water partition coefficient (Wildman–Crippen LogP) is 1.79. The third-order valence-electron chi connectivity index (χ3n) is 4.43. The van der Waals surface area contributed by atoms with Gasteiger partial charge in [-0.15, -0.1) is 11.3 Å². The molecule has 23 heavy (non-hydrogen) atoms. The SMILES string of the molecule is Cn1ncc2c(N3CCN(CCc4cccs4)CC3)ncnc21. The van der Waals surface area contributed by atoms with E-state index in [1.54, 1.807) is 11.0 Å². The zero-order valence-corrected chi connectivity index (χ0v) is 14.0. The minimum atomic E-state index is 0.898. The molecule has 0 spiro atoms. The topological polar surface area (TPSA) is 50.1 Å². The van der Waals surface area contributed by atoms with Gasteiger partial charge in [-0.2, -0.15) is 5.10 Å². The second kappa shape index (κ2) is 6.25. The van der Waals surface area contributed by atoms with Crippen molar-refractivity contribution in [1.82, 2.24) is 24.6 Å². The van der Waals surface area contributed by atoms with Crippen LogP contribution in [0.1, 0.15) is 4.88 Å². The van der Waals surface area contributed by atoms with Crippen LogP contribution in [0.2, 0.25) is 0 Å². The average molecular weight is 328 g/mol. The molecular formula is C16H20N6S. The molecule has 4 heterocycles. The van der Waals surface area contributed by atoms with E-state index in [0.29, 0.717) is 0 Å². The Morgan fingerprint density at radius 3 is 2.83 bits per heavy atom. The molecule has 7 heteroatoms. The Bertz CT molecular complexity index is 773. The maximum Gasteiger partial charge on any atom is 0.163 e. The molecule has 0 saturated carbocycles. The van der Waals surface area contributed by atoms with Crippen molar-refractivity contribution in [2.75, 3.05) is 37.6 Å². The smallest absolute Gasteiger partial charge is 0.163 e. The van der Waals surface area contributed by atoms with Gasteiger partial charge in [-0.25, -0.2) is 9.97 Å². The first-order chi connectivity index (χ1) is 11.3. The normalized spacial score (nSPS) is 16.3. The van der Waals surface area contributed by atoms with Crippen LogP contribution in [0, 0.1) is 0 Å². The van der Waals surface area contributed by atoms with E-state index in [9.17, 15) is 0 Å². The van der Waals surface area contributed by atoms with Crippen LogP contribution in [0.15, 0.2) is 30.0 Å². The van der Waals surface area contributed by atoms with Gasteiger partial charge in [0.15, 0.2) is 5.65 Å². The molecule has 0 radical (unpaired) electrons. The third-order valence-corrected chi connectivity index (χ3v) is 5.37. The standard InChI is InChI=1S/C16H20N6S/c1-20-15-14(11-19-20)16(18-12-17-15)22-8-6-21(7-9-22)5-4-13-3-2-10-23-13/h2-3,10-12H,4-9H2,1H3. The molecule has 4 rings (SSSR count). The van der Waals surface area contributed by atoms with Crippen molar-refractivity contribution in [1.29, 1.82) is 0 Å². The number of rotatable bonds is 4. The van der Waals surface area contributed by atoms with E-state index in [1.807, 2.05) is 24.6 Å². The summed E-state index contributed by atoms with van der Waals surface area (Å²) in [4.78, 5) is 15.2. The number of fused-ring (bicyclic) bond motifs is 1. The first-order valence-corrected chi connectivity index (χ1v) is 8.81. The van der Waals surface area contributed by atoms with Crippen LogP contribution in [0.4, 0.5) is 5.82 Å². The maximum absolute atomic E-state index is 4.50. The van der Waals surface area contributed by atoms with Gasteiger partial charge in [-0.3, -0.25) is 9.58 Å². The van der Waals surface area contributed by atoms with E-state index in [-0.39, 0.29) is 0 Å². The lowest BCUT2D eigenvalue weighted by molar-refractivity contribution is 0.261. The van der Waals surface area contributed by atoms with Gasteiger partial charge in [0.2, 0.25) is 0 Å². The number of hydrogen-bond acceptors (Lipinski definition) is 6. The van der Waals surface area contributed by atoms with Crippen molar-refractivity contribution in [3.8, 4) is 0 Å². The minimum Gasteiger partial charge on any atom is -0.353 e. The number of aromatic nitrogens is 4. The highest BCUT2D eigenvalue weighted by Gasteiger charge is 2.20.